The first-order chi connectivity index (χ1) is 14.3. The van der Waals surface area contributed by atoms with Crippen LogP contribution in [0.4, 0.5) is 0 Å². The summed E-state index contributed by atoms with van der Waals surface area (Å²) in [5.74, 6) is -0.639. The summed E-state index contributed by atoms with van der Waals surface area (Å²) in [7, 11) is 0. The molecule has 0 saturated carbocycles. The molecule has 2 aromatic carbocycles. The molecule has 1 aromatic heterocycles. The van der Waals surface area contributed by atoms with E-state index in [-0.39, 0.29) is 16.8 Å². The molecule has 1 N–H and O–H groups in total. The highest BCUT2D eigenvalue weighted by atomic mass is 35.5. The molecule has 1 amide bonds. The van der Waals surface area contributed by atoms with E-state index in [9.17, 15) is 14.9 Å². The summed E-state index contributed by atoms with van der Waals surface area (Å²) >= 11 is 5.93. The predicted molar refractivity (Wildman–Crippen MR) is 115 cm³/mol. The van der Waals surface area contributed by atoms with Crippen LogP contribution >= 0.6 is 11.6 Å². The van der Waals surface area contributed by atoms with Crippen LogP contribution in [0.2, 0.25) is 5.02 Å². The Bertz CT molecular complexity index is 1270. The van der Waals surface area contributed by atoms with Crippen molar-refractivity contribution in [1.82, 2.24) is 15.2 Å². The van der Waals surface area contributed by atoms with Crippen LogP contribution in [0.25, 0.3) is 5.69 Å². The lowest BCUT2D eigenvalue weighted by Gasteiger charge is -2.11. The zero-order chi connectivity index (χ0) is 21.8. The Hall–Kier alpha value is -3.76. The third-order valence-corrected chi connectivity index (χ3v) is 4.86. The van der Waals surface area contributed by atoms with Gasteiger partial charge in [-0.25, -0.2) is 5.43 Å². The molecule has 8 heteroatoms. The molecular formula is C22H18ClN5O2. The van der Waals surface area contributed by atoms with Crippen LogP contribution in [0.5, 0.6) is 0 Å². The summed E-state index contributed by atoms with van der Waals surface area (Å²) in [6.45, 7) is 5.36. The Morgan fingerprint density at radius 3 is 2.63 bits per heavy atom. The fraction of sp³-hybridized carbons (Fsp3) is 0.136. The van der Waals surface area contributed by atoms with Gasteiger partial charge in [0.25, 0.3) is 11.5 Å². The molecular weight excluding hydrogens is 402 g/mol. The number of carbonyl (C=O) groups is 1. The van der Waals surface area contributed by atoms with Crippen molar-refractivity contribution in [2.45, 2.75) is 20.8 Å². The molecule has 0 aliphatic heterocycles. The lowest BCUT2D eigenvalue weighted by atomic mass is 10.1. The number of hydrogen-bond acceptors (Lipinski definition) is 5. The van der Waals surface area contributed by atoms with E-state index in [0.29, 0.717) is 16.3 Å². The number of hydrazone groups is 1. The number of nitrogens with zero attached hydrogens (tertiary/aromatic N) is 4. The minimum atomic E-state index is -0.639. The van der Waals surface area contributed by atoms with Crippen LogP contribution in [-0.4, -0.2) is 21.9 Å². The lowest BCUT2D eigenvalue weighted by molar-refractivity contribution is 0.0947. The highest BCUT2D eigenvalue weighted by Crippen LogP contribution is 2.14. The third-order valence-electron chi connectivity index (χ3n) is 4.63. The maximum Gasteiger partial charge on any atom is 0.292 e. The molecule has 0 unspecified atom stereocenters. The van der Waals surface area contributed by atoms with Gasteiger partial charge in [0.1, 0.15) is 11.6 Å². The van der Waals surface area contributed by atoms with E-state index in [0.717, 1.165) is 15.8 Å². The Balaban J connectivity index is 1.99. The quantitative estimate of drug-likeness (QED) is 0.517. The van der Waals surface area contributed by atoms with Gasteiger partial charge >= 0.3 is 0 Å². The van der Waals surface area contributed by atoms with E-state index in [4.69, 9.17) is 11.6 Å². The average molecular weight is 420 g/mol. The van der Waals surface area contributed by atoms with Gasteiger partial charge in [0.05, 0.1) is 11.9 Å². The van der Waals surface area contributed by atoms with Gasteiger partial charge in [-0.05, 0) is 61.7 Å². The van der Waals surface area contributed by atoms with Crippen molar-refractivity contribution < 1.29 is 4.79 Å². The predicted octanol–water partition coefficient (Wildman–Crippen LogP) is 3.45. The first-order valence-corrected chi connectivity index (χ1v) is 9.40. The van der Waals surface area contributed by atoms with Crippen molar-refractivity contribution in [1.29, 1.82) is 5.26 Å². The van der Waals surface area contributed by atoms with Crippen molar-refractivity contribution >= 4 is 23.7 Å². The van der Waals surface area contributed by atoms with Crippen molar-refractivity contribution in [2.24, 2.45) is 5.10 Å². The number of benzene rings is 2. The minimum Gasteiger partial charge on any atom is -0.266 e. The van der Waals surface area contributed by atoms with Crippen LogP contribution in [-0.2, 0) is 0 Å². The number of halogens is 1. The van der Waals surface area contributed by atoms with Gasteiger partial charge < -0.3 is 0 Å². The van der Waals surface area contributed by atoms with E-state index in [1.807, 2.05) is 26.0 Å². The smallest absolute Gasteiger partial charge is 0.266 e. The summed E-state index contributed by atoms with van der Waals surface area (Å²) < 4.78 is 1.06. The molecule has 0 bridgehead atoms. The second-order valence-corrected chi connectivity index (χ2v) is 7.14. The average Bonchev–Trinajstić information content (AvgIpc) is 2.71. The summed E-state index contributed by atoms with van der Waals surface area (Å²) in [5, 5.41) is 18.1. The molecule has 3 aromatic rings. The Morgan fingerprint density at radius 1 is 1.20 bits per heavy atom. The fourth-order valence-electron chi connectivity index (χ4n) is 2.79. The Kier molecular flexibility index (Phi) is 6.09. The molecule has 150 valence electrons. The van der Waals surface area contributed by atoms with E-state index in [2.05, 4.69) is 15.6 Å². The van der Waals surface area contributed by atoms with E-state index in [1.165, 1.54) is 13.1 Å². The Morgan fingerprint density at radius 2 is 1.97 bits per heavy atom. The van der Waals surface area contributed by atoms with E-state index in [1.54, 1.807) is 36.4 Å². The van der Waals surface area contributed by atoms with Gasteiger partial charge in [0.2, 0.25) is 0 Å². The van der Waals surface area contributed by atoms with Gasteiger partial charge in [0, 0.05) is 10.6 Å². The molecule has 0 radical (unpaired) electrons. The molecule has 7 nitrogen and oxygen atoms in total. The second kappa shape index (κ2) is 8.72. The summed E-state index contributed by atoms with van der Waals surface area (Å²) in [6.07, 6.45) is 1.43. The van der Waals surface area contributed by atoms with Gasteiger partial charge in [-0.2, -0.15) is 20.1 Å². The largest absolute Gasteiger partial charge is 0.292 e. The van der Waals surface area contributed by atoms with Gasteiger partial charge in [-0.3, -0.25) is 9.59 Å². The van der Waals surface area contributed by atoms with Crippen LogP contribution in [0, 0.1) is 32.1 Å². The highest BCUT2D eigenvalue weighted by molar-refractivity contribution is 6.30. The zero-order valence-electron chi connectivity index (χ0n) is 16.6. The molecule has 0 spiro atoms. The van der Waals surface area contributed by atoms with Crippen LogP contribution in [0.3, 0.4) is 0 Å². The number of aryl methyl sites for hydroxylation is 2. The van der Waals surface area contributed by atoms with Crippen molar-refractivity contribution in [3.63, 3.8) is 0 Å². The number of hydrogen-bond donors (Lipinski definition) is 1. The molecule has 0 atom stereocenters. The number of aromatic nitrogens is 2. The van der Waals surface area contributed by atoms with Gasteiger partial charge in [0.15, 0.2) is 5.69 Å². The molecule has 0 saturated heterocycles. The van der Waals surface area contributed by atoms with E-state index >= 15 is 0 Å². The number of nitriles is 1. The number of rotatable bonds is 4. The summed E-state index contributed by atoms with van der Waals surface area (Å²) in [4.78, 5) is 25.4. The van der Waals surface area contributed by atoms with Crippen LogP contribution < -0.4 is 11.0 Å². The molecule has 0 aliphatic carbocycles. The normalized spacial score (nSPS) is 10.8. The monoisotopic (exact) mass is 419 g/mol. The maximum atomic E-state index is 12.7. The van der Waals surface area contributed by atoms with Crippen molar-refractivity contribution in [3.8, 4) is 11.8 Å². The standard InChI is InChI=1S/C22H18ClN5O2/c1-13-7-8-18(9-14(13)2)28-22(30)19(11-24)15(3)20(27-28)21(29)26-25-12-16-5-4-6-17(23)10-16/h4-10,12H,1-3H3,(H,26,29)/b25-12+. The number of carbonyl (C=O) groups excluding carboxylic acids is 1. The summed E-state index contributed by atoms with van der Waals surface area (Å²) in [6, 6.07) is 14.2. The first-order valence-electron chi connectivity index (χ1n) is 9.02. The maximum absolute atomic E-state index is 12.7. The molecule has 1 heterocycles. The van der Waals surface area contributed by atoms with E-state index < -0.39 is 11.5 Å². The third kappa shape index (κ3) is 4.29. The zero-order valence-corrected chi connectivity index (χ0v) is 17.4. The fourth-order valence-corrected chi connectivity index (χ4v) is 2.99. The molecule has 0 aliphatic rings. The topological polar surface area (TPSA) is 100 Å². The van der Waals surface area contributed by atoms with Gasteiger partial charge in [-0.1, -0.05) is 29.8 Å². The Labute approximate surface area is 178 Å². The van der Waals surface area contributed by atoms with Crippen molar-refractivity contribution in [3.05, 3.63) is 91.4 Å². The molecule has 30 heavy (non-hydrogen) atoms. The van der Waals surface area contributed by atoms with Crippen LogP contribution in [0.15, 0.2) is 52.4 Å². The summed E-state index contributed by atoms with van der Waals surface area (Å²) in [5.41, 5.74) is 4.95. The molecule has 3 rings (SSSR count). The highest BCUT2D eigenvalue weighted by Gasteiger charge is 2.20. The SMILES string of the molecule is Cc1ccc(-n2nc(C(=O)N/N=C/c3cccc(Cl)c3)c(C)c(C#N)c2=O)cc1C. The first kappa shape index (κ1) is 21.0. The number of nitrogens with one attached hydrogen (secondary N) is 1. The van der Waals surface area contributed by atoms with Gasteiger partial charge in [-0.15, -0.1) is 0 Å². The lowest BCUT2D eigenvalue weighted by Crippen LogP contribution is -2.31. The second-order valence-electron chi connectivity index (χ2n) is 6.70. The molecule has 0 fully saturated rings. The van der Waals surface area contributed by atoms with Crippen LogP contribution in [0.1, 0.15) is 38.3 Å². The van der Waals surface area contributed by atoms with Crippen molar-refractivity contribution in [2.75, 3.05) is 0 Å². The number of amides is 1. The minimum absolute atomic E-state index is 0.0624.